The monoisotopic (exact) mass is 493 g/mol. The zero-order valence-electron chi connectivity index (χ0n) is 19.8. The quantitative estimate of drug-likeness (QED) is 0.581. The molecule has 2 aromatic rings. The zero-order valence-corrected chi connectivity index (χ0v) is 19.8. The van der Waals surface area contributed by atoms with E-state index in [2.05, 4.69) is 10.7 Å². The SMILES string of the molecule is C[C@@]1(c2ccccc2)NC(=O)N(NC(=O)CN2CCN(C(=O)[C@@H]3COc4ccccc4O3)CC2)C1=O. The van der Waals surface area contributed by atoms with E-state index in [1.165, 1.54) is 0 Å². The fourth-order valence-corrected chi connectivity index (χ4v) is 4.54. The Kier molecular flexibility index (Phi) is 6.23. The van der Waals surface area contributed by atoms with E-state index in [4.69, 9.17) is 9.47 Å². The van der Waals surface area contributed by atoms with Crippen molar-refractivity contribution in [2.75, 3.05) is 39.3 Å². The molecule has 0 aromatic heterocycles. The number of urea groups is 1. The summed E-state index contributed by atoms with van der Waals surface area (Å²) in [5, 5.41) is 3.38. The molecule has 11 heteroatoms. The first-order valence-electron chi connectivity index (χ1n) is 11.8. The predicted molar refractivity (Wildman–Crippen MR) is 127 cm³/mol. The minimum Gasteiger partial charge on any atom is -0.485 e. The van der Waals surface area contributed by atoms with Gasteiger partial charge in [0.2, 0.25) is 6.10 Å². The summed E-state index contributed by atoms with van der Waals surface area (Å²) in [7, 11) is 0. The molecule has 2 N–H and O–H groups in total. The van der Waals surface area contributed by atoms with Gasteiger partial charge in [-0.3, -0.25) is 24.7 Å². The largest absolute Gasteiger partial charge is 0.485 e. The number of hydrogen-bond donors (Lipinski definition) is 2. The van der Waals surface area contributed by atoms with Gasteiger partial charge in [-0.15, -0.1) is 0 Å². The smallest absolute Gasteiger partial charge is 0.344 e. The first-order valence-corrected chi connectivity index (χ1v) is 11.8. The van der Waals surface area contributed by atoms with Crippen LogP contribution in [0.4, 0.5) is 4.79 Å². The van der Waals surface area contributed by atoms with Crippen molar-refractivity contribution < 1.29 is 28.7 Å². The maximum Gasteiger partial charge on any atom is 0.344 e. The minimum atomic E-state index is -1.26. The van der Waals surface area contributed by atoms with Crippen molar-refractivity contribution in [1.29, 1.82) is 0 Å². The number of carbonyl (C=O) groups excluding carboxylic acids is 4. The fourth-order valence-electron chi connectivity index (χ4n) is 4.54. The van der Waals surface area contributed by atoms with Crippen molar-refractivity contribution in [3.63, 3.8) is 0 Å². The van der Waals surface area contributed by atoms with Crippen LogP contribution in [0.3, 0.4) is 0 Å². The van der Waals surface area contributed by atoms with E-state index in [-0.39, 0.29) is 19.1 Å². The first kappa shape index (κ1) is 23.6. The summed E-state index contributed by atoms with van der Waals surface area (Å²) in [5.74, 6) is -0.0454. The molecule has 2 saturated heterocycles. The van der Waals surface area contributed by atoms with E-state index in [0.29, 0.717) is 43.2 Å². The molecule has 2 atom stereocenters. The second kappa shape index (κ2) is 9.50. The highest BCUT2D eigenvalue weighted by atomic mass is 16.6. The van der Waals surface area contributed by atoms with Gasteiger partial charge in [0.05, 0.1) is 6.54 Å². The Hall–Kier alpha value is -4.12. The lowest BCUT2D eigenvalue weighted by molar-refractivity contribution is -0.144. The Bertz CT molecular complexity index is 1180. The predicted octanol–water partition coefficient (Wildman–Crippen LogP) is 0.469. The Morgan fingerprint density at radius 3 is 2.39 bits per heavy atom. The molecular weight excluding hydrogens is 466 g/mol. The van der Waals surface area contributed by atoms with Gasteiger partial charge in [-0.25, -0.2) is 4.79 Å². The number of rotatable bonds is 5. The molecule has 5 amide bonds. The maximum absolute atomic E-state index is 13.0. The number of imide groups is 1. The lowest BCUT2D eigenvalue weighted by Gasteiger charge is -2.37. The Morgan fingerprint density at radius 1 is 1.00 bits per heavy atom. The Morgan fingerprint density at radius 2 is 1.67 bits per heavy atom. The Balaban J connectivity index is 1.11. The third kappa shape index (κ3) is 4.44. The van der Waals surface area contributed by atoms with Crippen LogP contribution >= 0.6 is 0 Å². The number of amides is 5. The Labute approximate surface area is 207 Å². The van der Waals surface area contributed by atoms with Gasteiger partial charge in [-0.1, -0.05) is 42.5 Å². The fraction of sp³-hybridized carbons (Fsp3) is 0.360. The number of nitrogens with zero attached hydrogens (tertiary/aromatic N) is 3. The number of ether oxygens (including phenoxy) is 2. The van der Waals surface area contributed by atoms with Crippen LogP contribution in [-0.4, -0.2) is 84.0 Å². The van der Waals surface area contributed by atoms with Crippen LogP contribution in [0.2, 0.25) is 0 Å². The van der Waals surface area contributed by atoms with Gasteiger partial charge >= 0.3 is 6.03 Å². The lowest BCUT2D eigenvalue weighted by Crippen LogP contribution is -2.56. The molecule has 0 aliphatic carbocycles. The van der Waals surface area contributed by atoms with Gasteiger partial charge in [0, 0.05) is 26.2 Å². The van der Waals surface area contributed by atoms with E-state index in [1.54, 1.807) is 48.2 Å². The van der Waals surface area contributed by atoms with Crippen molar-refractivity contribution in [2.24, 2.45) is 0 Å². The number of hydrazine groups is 1. The van der Waals surface area contributed by atoms with Gasteiger partial charge < -0.3 is 19.7 Å². The molecule has 11 nitrogen and oxygen atoms in total. The normalized spacial score (nSPS) is 23.9. The van der Waals surface area contributed by atoms with Crippen LogP contribution in [-0.2, 0) is 19.9 Å². The molecule has 36 heavy (non-hydrogen) atoms. The summed E-state index contributed by atoms with van der Waals surface area (Å²) in [4.78, 5) is 54.5. The van der Waals surface area contributed by atoms with Crippen LogP contribution in [0, 0.1) is 0 Å². The van der Waals surface area contributed by atoms with Crippen LogP contribution in [0.15, 0.2) is 54.6 Å². The number of carbonyl (C=O) groups is 4. The van der Waals surface area contributed by atoms with Crippen molar-refractivity contribution in [3.05, 3.63) is 60.2 Å². The molecule has 0 unspecified atom stereocenters. The summed E-state index contributed by atoms with van der Waals surface area (Å²) in [6, 6.07) is 15.4. The summed E-state index contributed by atoms with van der Waals surface area (Å²) < 4.78 is 11.5. The molecule has 2 aromatic carbocycles. The number of hydrogen-bond acceptors (Lipinski definition) is 7. The number of benzene rings is 2. The topological polar surface area (TPSA) is 121 Å². The van der Waals surface area contributed by atoms with Crippen LogP contribution < -0.4 is 20.2 Å². The number of nitrogens with one attached hydrogen (secondary N) is 2. The number of piperazine rings is 1. The number of fused-ring (bicyclic) bond motifs is 1. The summed E-state index contributed by atoms with van der Waals surface area (Å²) in [6.45, 7) is 3.50. The second-order valence-electron chi connectivity index (χ2n) is 9.06. The van der Waals surface area contributed by atoms with E-state index < -0.39 is 29.5 Å². The number of para-hydroxylation sites is 2. The van der Waals surface area contributed by atoms with Gasteiger partial charge in [0.1, 0.15) is 12.1 Å². The summed E-state index contributed by atoms with van der Waals surface area (Å²) >= 11 is 0. The highest BCUT2D eigenvalue weighted by Crippen LogP contribution is 2.31. The summed E-state index contributed by atoms with van der Waals surface area (Å²) in [6.07, 6.45) is -0.714. The standard InChI is InChI=1S/C25H27N5O6/c1-25(17-7-3-2-4-8-17)23(33)30(24(34)26-25)27-21(31)15-28-11-13-29(14-12-28)22(32)20-16-35-18-9-5-6-10-19(18)36-20/h2-10,20H,11-16H2,1H3,(H,26,34)(H,27,31)/t20-,25-/m0/s1. The van der Waals surface area contributed by atoms with Crippen LogP contribution in [0.5, 0.6) is 11.5 Å². The molecule has 5 rings (SSSR count). The molecule has 0 spiro atoms. The van der Waals surface area contributed by atoms with Crippen LogP contribution in [0.1, 0.15) is 12.5 Å². The van der Waals surface area contributed by atoms with Crippen LogP contribution in [0.25, 0.3) is 0 Å². The highest BCUT2D eigenvalue weighted by Gasteiger charge is 2.50. The van der Waals surface area contributed by atoms with Gasteiger partial charge in [0.15, 0.2) is 11.5 Å². The van der Waals surface area contributed by atoms with E-state index in [0.717, 1.165) is 5.01 Å². The van der Waals surface area contributed by atoms with Crippen molar-refractivity contribution in [2.45, 2.75) is 18.6 Å². The van der Waals surface area contributed by atoms with Crippen molar-refractivity contribution >= 4 is 23.8 Å². The third-order valence-corrected chi connectivity index (χ3v) is 6.61. The molecule has 2 fully saturated rings. The molecule has 188 valence electrons. The van der Waals surface area contributed by atoms with E-state index >= 15 is 0 Å². The second-order valence-corrected chi connectivity index (χ2v) is 9.06. The van der Waals surface area contributed by atoms with Gasteiger partial charge in [0.25, 0.3) is 17.7 Å². The summed E-state index contributed by atoms with van der Waals surface area (Å²) in [5.41, 5.74) is 1.78. The lowest BCUT2D eigenvalue weighted by atomic mass is 9.92. The molecule has 0 bridgehead atoms. The minimum absolute atomic E-state index is 0.0163. The molecule has 0 radical (unpaired) electrons. The maximum atomic E-state index is 13.0. The van der Waals surface area contributed by atoms with Gasteiger partial charge in [-0.05, 0) is 24.6 Å². The zero-order chi connectivity index (χ0) is 25.3. The van der Waals surface area contributed by atoms with E-state index in [1.807, 2.05) is 23.1 Å². The average molecular weight is 494 g/mol. The molecule has 3 aliphatic heterocycles. The van der Waals surface area contributed by atoms with E-state index in [9.17, 15) is 19.2 Å². The van der Waals surface area contributed by atoms with Crippen molar-refractivity contribution in [3.8, 4) is 11.5 Å². The first-order chi connectivity index (χ1) is 17.3. The van der Waals surface area contributed by atoms with Crippen molar-refractivity contribution in [1.82, 2.24) is 25.6 Å². The average Bonchev–Trinajstić information content (AvgIpc) is 3.12. The van der Waals surface area contributed by atoms with Gasteiger partial charge in [-0.2, -0.15) is 5.01 Å². The molecular formula is C25H27N5O6. The molecule has 3 aliphatic rings. The third-order valence-electron chi connectivity index (χ3n) is 6.61. The highest BCUT2D eigenvalue weighted by molar-refractivity contribution is 6.08. The molecule has 0 saturated carbocycles. The molecule has 3 heterocycles.